The Morgan fingerprint density at radius 3 is 2.89 bits per heavy atom. The molecule has 3 unspecified atom stereocenters. The lowest BCUT2D eigenvalue weighted by Crippen LogP contribution is -2.47. The van der Waals surface area contributed by atoms with E-state index in [1.165, 1.54) is 0 Å². The molecule has 0 aromatic heterocycles. The van der Waals surface area contributed by atoms with Crippen LogP contribution in [-0.2, 0) is 10.8 Å². The van der Waals surface area contributed by atoms with Crippen LogP contribution in [0, 0.1) is 0 Å². The van der Waals surface area contributed by atoms with Crippen molar-refractivity contribution in [2.24, 2.45) is 4.99 Å². The van der Waals surface area contributed by atoms with Crippen molar-refractivity contribution in [3.63, 3.8) is 0 Å². The van der Waals surface area contributed by atoms with Crippen LogP contribution < -0.4 is 10.6 Å². The molecule has 1 rings (SSSR count). The molecule has 3 N–H and O–H groups in total. The number of nitrogens with zero attached hydrogens (tertiary/aromatic N) is 1. The van der Waals surface area contributed by atoms with Gasteiger partial charge < -0.3 is 15.7 Å². The van der Waals surface area contributed by atoms with Crippen molar-refractivity contribution in [3.8, 4) is 0 Å². The Morgan fingerprint density at radius 2 is 2.28 bits per heavy atom. The summed E-state index contributed by atoms with van der Waals surface area (Å²) in [6.45, 7) is 2.57. The first kappa shape index (κ1) is 15.4. The van der Waals surface area contributed by atoms with Crippen LogP contribution in [0.25, 0.3) is 0 Å². The predicted molar refractivity (Wildman–Crippen MR) is 76.3 cm³/mol. The lowest BCUT2D eigenvalue weighted by atomic mass is 9.95. The second-order valence-electron chi connectivity index (χ2n) is 4.52. The van der Waals surface area contributed by atoms with Gasteiger partial charge in [-0.1, -0.05) is 13.3 Å². The number of hydrogen-bond donors (Lipinski definition) is 3. The molecule has 6 heteroatoms. The van der Waals surface area contributed by atoms with E-state index in [0.29, 0.717) is 17.8 Å². The molecule has 5 nitrogen and oxygen atoms in total. The second kappa shape index (κ2) is 8.48. The van der Waals surface area contributed by atoms with E-state index in [9.17, 15) is 4.21 Å². The lowest BCUT2D eigenvalue weighted by molar-refractivity contribution is 0.299. The summed E-state index contributed by atoms with van der Waals surface area (Å²) in [6.07, 6.45) is 4.23. The third-order valence-electron chi connectivity index (χ3n) is 3.25. The van der Waals surface area contributed by atoms with Gasteiger partial charge in [0.15, 0.2) is 5.96 Å². The van der Waals surface area contributed by atoms with Gasteiger partial charge in [-0.25, -0.2) is 0 Å². The first-order valence-corrected chi connectivity index (χ1v) is 8.04. The van der Waals surface area contributed by atoms with Crippen LogP contribution in [0.3, 0.4) is 0 Å². The molecule has 18 heavy (non-hydrogen) atoms. The number of guanidine groups is 1. The highest BCUT2D eigenvalue weighted by Crippen LogP contribution is 2.22. The Kier molecular flexibility index (Phi) is 7.27. The van der Waals surface area contributed by atoms with E-state index in [4.69, 9.17) is 5.11 Å². The van der Waals surface area contributed by atoms with Gasteiger partial charge in [0, 0.05) is 41.4 Å². The quantitative estimate of drug-likeness (QED) is 0.496. The maximum absolute atomic E-state index is 11.8. The molecule has 0 aliphatic heterocycles. The molecule has 1 saturated carbocycles. The molecule has 0 heterocycles. The zero-order valence-corrected chi connectivity index (χ0v) is 12.1. The van der Waals surface area contributed by atoms with E-state index in [1.54, 1.807) is 7.05 Å². The molecular formula is C12H25N3O2S. The van der Waals surface area contributed by atoms with Crippen molar-refractivity contribution in [1.29, 1.82) is 0 Å². The number of aliphatic imine (C=N–C) groups is 1. The Hall–Kier alpha value is -0.620. The molecule has 0 saturated heterocycles. The minimum absolute atomic E-state index is 0.0911. The maximum atomic E-state index is 11.8. The Morgan fingerprint density at radius 1 is 1.50 bits per heavy atom. The average molecular weight is 275 g/mol. The highest BCUT2D eigenvalue weighted by atomic mass is 32.2. The number of nitrogens with one attached hydrogen (secondary N) is 2. The summed E-state index contributed by atoms with van der Waals surface area (Å²) in [5, 5.41) is 15.5. The zero-order valence-electron chi connectivity index (χ0n) is 11.3. The fraction of sp³-hybridized carbons (Fsp3) is 0.917. The van der Waals surface area contributed by atoms with E-state index in [2.05, 4.69) is 15.6 Å². The summed E-state index contributed by atoms with van der Waals surface area (Å²) in [4.78, 5) is 4.12. The second-order valence-corrected chi connectivity index (χ2v) is 6.53. The number of hydrogen-bond acceptors (Lipinski definition) is 3. The van der Waals surface area contributed by atoms with Crippen molar-refractivity contribution in [3.05, 3.63) is 0 Å². The average Bonchev–Trinajstić information content (AvgIpc) is 2.42. The highest BCUT2D eigenvalue weighted by molar-refractivity contribution is 7.85. The molecule has 0 aromatic carbocycles. The van der Waals surface area contributed by atoms with Crippen LogP contribution in [0.15, 0.2) is 4.99 Å². The number of aliphatic hydroxyl groups is 1. The van der Waals surface area contributed by atoms with Gasteiger partial charge in [-0.3, -0.25) is 9.20 Å². The Labute approximate surface area is 112 Å². The highest BCUT2D eigenvalue weighted by Gasteiger charge is 2.25. The van der Waals surface area contributed by atoms with Crippen molar-refractivity contribution < 1.29 is 9.32 Å². The van der Waals surface area contributed by atoms with Crippen LogP contribution in [0.2, 0.25) is 0 Å². The lowest BCUT2D eigenvalue weighted by Gasteiger charge is -2.30. The monoisotopic (exact) mass is 275 g/mol. The van der Waals surface area contributed by atoms with Crippen molar-refractivity contribution >= 4 is 16.8 Å². The van der Waals surface area contributed by atoms with Gasteiger partial charge in [-0.2, -0.15) is 0 Å². The van der Waals surface area contributed by atoms with Gasteiger partial charge in [0.1, 0.15) is 0 Å². The smallest absolute Gasteiger partial charge is 0.191 e. The molecule has 0 radical (unpaired) electrons. The zero-order chi connectivity index (χ0) is 13.4. The van der Waals surface area contributed by atoms with E-state index in [-0.39, 0.29) is 6.61 Å². The first-order valence-electron chi connectivity index (χ1n) is 6.66. The van der Waals surface area contributed by atoms with Crippen LogP contribution >= 0.6 is 0 Å². The summed E-state index contributed by atoms with van der Waals surface area (Å²) in [7, 11) is 1.02. The standard InChI is InChI=1S/C12H25N3O2S/c1-3-18(17)11-6-4-5-10(9-11)15-12(13-2)14-7-8-16/h10-11,16H,3-9H2,1-2H3,(H2,13,14,15). The van der Waals surface area contributed by atoms with E-state index < -0.39 is 10.8 Å². The molecule has 3 atom stereocenters. The summed E-state index contributed by atoms with van der Waals surface area (Å²) in [5.41, 5.74) is 0. The molecule has 106 valence electrons. The minimum atomic E-state index is -0.697. The van der Waals surface area contributed by atoms with Crippen molar-refractivity contribution in [2.75, 3.05) is 26.0 Å². The van der Waals surface area contributed by atoms with Crippen molar-refractivity contribution in [1.82, 2.24) is 10.6 Å². The molecule has 1 aliphatic rings. The largest absolute Gasteiger partial charge is 0.395 e. The maximum Gasteiger partial charge on any atom is 0.191 e. The van der Waals surface area contributed by atoms with E-state index in [1.807, 2.05) is 6.92 Å². The normalized spacial score (nSPS) is 26.7. The van der Waals surface area contributed by atoms with Crippen LogP contribution in [-0.4, -0.2) is 52.5 Å². The van der Waals surface area contributed by atoms with Gasteiger partial charge in [0.05, 0.1) is 6.61 Å². The topological polar surface area (TPSA) is 73.7 Å². The van der Waals surface area contributed by atoms with Crippen LogP contribution in [0.1, 0.15) is 32.6 Å². The van der Waals surface area contributed by atoms with Gasteiger partial charge in [0.25, 0.3) is 0 Å². The summed E-state index contributed by atoms with van der Waals surface area (Å²) in [6, 6.07) is 0.337. The third kappa shape index (κ3) is 4.94. The first-order chi connectivity index (χ1) is 8.71. The van der Waals surface area contributed by atoms with Crippen LogP contribution in [0.4, 0.5) is 0 Å². The third-order valence-corrected chi connectivity index (χ3v) is 4.99. The Balaban J connectivity index is 2.43. The molecule has 0 spiro atoms. The van der Waals surface area contributed by atoms with Gasteiger partial charge in [-0.15, -0.1) is 0 Å². The Bertz CT molecular complexity index is 297. The molecule has 0 aromatic rings. The van der Waals surface area contributed by atoms with Crippen LogP contribution in [0.5, 0.6) is 0 Å². The summed E-state index contributed by atoms with van der Waals surface area (Å²) >= 11 is 0. The number of rotatable bonds is 5. The molecule has 1 aliphatic carbocycles. The molecular weight excluding hydrogens is 250 g/mol. The predicted octanol–water partition coefficient (Wildman–Crippen LogP) is 0.224. The minimum Gasteiger partial charge on any atom is -0.395 e. The number of aliphatic hydroxyl groups excluding tert-OH is 1. The van der Waals surface area contributed by atoms with Gasteiger partial charge in [-0.05, 0) is 19.3 Å². The van der Waals surface area contributed by atoms with Gasteiger partial charge >= 0.3 is 0 Å². The van der Waals surface area contributed by atoms with Crippen molar-refractivity contribution in [2.45, 2.75) is 43.9 Å². The molecule has 0 amide bonds. The SMILES string of the molecule is CCS(=O)C1CCCC(NC(=NC)NCCO)C1. The van der Waals surface area contributed by atoms with E-state index >= 15 is 0 Å². The van der Waals surface area contributed by atoms with Gasteiger partial charge in [0.2, 0.25) is 0 Å². The fourth-order valence-corrected chi connectivity index (χ4v) is 3.66. The summed E-state index contributed by atoms with van der Waals surface area (Å²) < 4.78 is 11.8. The summed E-state index contributed by atoms with van der Waals surface area (Å²) in [5.74, 6) is 1.46. The fourth-order valence-electron chi connectivity index (χ4n) is 2.31. The molecule has 1 fully saturated rings. The molecule has 0 bridgehead atoms. The van der Waals surface area contributed by atoms with E-state index in [0.717, 1.165) is 37.4 Å².